The summed E-state index contributed by atoms with van der Waals surface area (Å²) >= 11 is 0. The van der Waals surface area contributed by atoms with E-state index in [9.17, 15) is 4.79 Å². The Morgan fingerprint density at radius 3 is 2.47 bits per heavy atom. The molecule has 1 aliphatic rings. The van der Waals surface area contributed by atoms with Crippen molar-refractivity contribution in [2.45, 2.75) is 25.9 Å². The molecular weight excluding hydrogens is 378 g/mol. The van der Waals surface area contributed by atoms with Crippen LogP contribution in [0.15, 0.2) is 42.5 Å². The number of aryl methyl sites for hydroxylation is 1. The van der Waals surface area contributed by atoms with Crippen LogP contribution in [-0.2, 0) is 24.3 Å². The van der Waals surface area contributed by atoms with Crippen molar-refractivity contribution < 1.29 is 14.3 Å². The SMILES string of the molecule is COc1cccc(CCC(=O)NCc2cccc(CN3CCN(C)CC3)c2)c1OC. The number of benzene rings is 2. The lowest BCUT2D eigenvalue weighted by Gasteiger charge is -2.32. The van der Waals surface area contributed by atoms with Gasteiger partial charge in [-0.1, -0.05) is 36.4 Å². The molecule has 30 heavy (non-hydrogen) atoms. The van der Waals surface area contributed by atoms with Gasteiger partial charge in [0, 0.05) is 45.7 Å². The van der Waals surface area contributed by atoms with Crippen molar-refractivity contribution in [2.24, 2.45) is 0 Å². The standard InChI is InChI=1S/C24H33N3O3/c1-26-12-14-27(15-13-26)18-20-7-4-6-19(16-20)17-25-23(28)11-10-21-8-5-9-22(29-2)24(21)30-3/h4-9,16H,10-15,17-18H2,1-3H3,(H,25,28). The maximum absolute atomic E-state index is 12.4. The molecule has 1 amide bonds. The molecule has 0 bridgehead atoms. The molecule has 1 heterocycles. The maximum Gasteiger partial charge on any atom is 0.220 e. The van der Waals surface area contributed by atoms with Gasteiger partial charge in [0.05, 0.1) is 14.2 Å². The van der Waals surface area contributed by atoms with Crippen LogP contribution in [0.1, 0.15) is 23.1 Å². The van der Waals surface area contributed by atoms with Gasteiger partial charge in [0.1, 0.15) is 0 Å². The Labute approximate surface area is 179 Å². The molecule has 6 nitrogen and oxygen atoms in total. The minimum atomic E-state index is 0.0318. The number of piperazine rings is 1. The van der Waals surface area contributed by atoms with E-state index in [0.29, 0.717) is 30.9 Å². The van der Waals surface area contributed by atoms with Gasteiger partial charge in [0.15, 0.2) is 11.5 Å². The molecule has 0 saturated carbocycles. The highest BCUT2D eigenvalue weighted by Gasteiger charge is 2.14. The highest BCUT2D eigenvalue weighted by molar-refractivity contribution is 5.76. The van der Waals surface area contributed by atoms with Gasteiger partial charge >= 0.3 is 0 Å². The normalized spacial score (nSPS) is 15.0. The number of nitrogens with one attached hydrogen (secondary N) is 1. The molecule has 3 rings (SSSR count). The summed E-state index contributed by atoms with van der Waals surface area (Å²) in [6.45, 7) is 5.95. The number of ether oxygens (including phenoxy) is 2. The zero-order valence-electron chi connectivity index (χ0n) is 18.3. The number of hydrogen-bond acceptors (Lipinski definition) is 5. The number of carbonyl (C=O) groups is 1. The monoisotopic (exact) mass is 411 g/mol. The first-order chi connectivity index (χ1) is 14.6. The number of amides is 1. The molecule has 0 spiro atoms. The molecule has 0 radical (unpaired) electrons. The zero-order valence-corrected chi connectivity index (χ0v) is 18.3. The maximum atomic E-state index is 12.4. The molecule has 1 N–H and O–H groups in total. The van der Waals surface area contributed by atoms with E-state index in [1.54, 1.807) is 14.2 Å². The predicted octanol–water partition coefficient (Wildman–Crippen LogP) is 2.70. The lowest BCUT2D eigenvalue weighted by Crippen LogP contribution is -2.43. The summed E-state index contributed by atoms with van der Waals surface area (Å²) in [6.07, 6.45) is 1.01. The number of para-hydroxylation sites is 1. The van der Waals surface area contributed by atoms with Crippen molar-refractivity contribution in [3.05, 3.63) is 59.2 Å². The lowest BCUT2D eigenvalue weighted by atomic mass is 10.1. The first-order valence-corrected chi connectivity index (χ1v) is 10.5. The third-order valence-corrected chi connectivity index (χ3v) is 5.59. The van der Waals surface area contributed by atoms with Gasteiger partial charge in [-0.15, -0.1) is 0 Å². The van der Waals surface area contributed by atoms with E-state index in [0.717, 1.165) is 43.9 Å². The van der Waals surface area contributed by atoms with Crippen LogP contribution in [0, 0.1) is 0 Å². The minimum absolute atomic E-state index is 0.0318. The fraction of sp³-hybridized carbons (Fsp3) is 0.458. The largest absolute Gasteiger partial charge is 0.493 e. The van der Waals surface area contributed by atoms with E-state index in [1.807, 2.05) is 18.2 Å². The summed E-state index contributed by atoms with van der Waals surface area (Å²) in [4.78, 5) is 17.2. The Kier molecular flexibility index (Phi) is 8.11. The fourth-order valence-corrected chi connectivity index (χ4v) is 3.79. The second-order valence-electron chi connectivity index (χ2n) is 7.83. The molecule has 6 heteroatoms. The Morgan fingerprint density at radius 1 is 1.00 bits per heavy atom. The van der Waals surface area contributed by atoms with Crippen LogP contribution < -0.4 is 14.8 Å². The third kappa shape index (κ3) is 6.21. The number of rotatable bonds is 9. The fourth-order valence-electron chi connectivity index (χ4n) is 3.79. The third-order valence-electron chi connectivity index (χ3n) is 5.59. The van der Waals surface area contributed by atoms with Crippen molar-refractivity contribution in [3.63, 3.8) is 0 Å². The zero-order chi connectivity index (χ0) is 21.3. The predicted molar refractivity (Wildman–Crippen MR) is 119 cm³/mol. The molecule has 1 aliphatic heterocycles. The smallest absolute Gasteiger partial charge is 0.220 e. The van der Waals surface area contributed by atoms with E-state index < -0.39 is 0 Å². The van der Waals surface area contributed by atoms with Gasteiger partial charge in [-0.05, 0) is 36.2 Å². The molecule has 1 fully saturated rings. The quantitative estimate of drug-likeness (QED) is 0.688. The van der Waals surface area contributed by atoms with Crippen molar-refractivity contribution in [2.75, 3.05) is 47.4 Å². The summed E-state index contributed by atoms with van der Waals surface area (Å²) in [5, 5.41) is 3.04. The van der Waals surface area contributed by atoms with Crippen LogP contribution >= 0.6 is 0 Å². The number of carbonyl (C=O) groups excluding carboxylic acids is 1. The Morgan fingerprint density at radius 2 is 1.73 bits per heavy atom. The molecule has 0 aromatic heterocycles. The summed E-state index contributed by atoms with van der Waals surface area (Å²) in [6, 6.07) is 14.3. The van der Waals surface area contributed by atoms with Gasteiger partial charge in [0.2, 0.25) is 5.91 Å². The summed E-state index contributed by atoms with van der Waals surface area (Å²) in [5.74, 6) is 1.42. The number of hydrogen-bond donors (Lipinski definition) is 1. The topological polar surface area (TPSA) is 54.0 Å². The Hall–Kier alpha value is -2.57. The molecule has 0 unspecified atom stereocenters. The van der Waals surface area contributed by atoms with E-state index in [4.69, 9.17) is 9.47 Å². The molecule has 1 saturated heterocycles. The first-order valence-electron chi connectivity index (χ1n) is 10.5. The first kappa shape index (κ1) is 22.1. The number of nitrogens with zero attached hydrogens (tertiary/aromatic N) is 2. The summed E-state index contributed by atoms with van der Waals surface area (Å²) in [5.41, 5.74) is 3.41. The second-order valence-corrected chi connectivity index (χ2v) is 7.83. The van der Waals surface area contributed by atoms with E-state index in [2.05, 4.69) is 46.4 Å². The summed E-state index contributed by atoms with van der Waals surface area (Å²) < 4.78 is 10.8. The van der Waals surface area contributed by atoms with E-state index in [-0.39, 0.29) is 5.91 Å². The lowest BCUT2D eigenvalue weighted by molar-refractivity contribution is -0.121. The molecule has 2 aromatic carbocycles. The van der Waals surface area contributed by atoms with Gasteiger partial charge in [0.25, 0.3) is 0 Å². The second kappa shape index (κ2) is 11.0. The van der Waals surface area contributed by atoms with Crippen LogP contribution in [0.4, 0.5) is 0 Å². The van der Waals surface area contributed by atoms with Crippen LogP contribution in [0.2, 0.25) is 0 Å². The highest BCUT2D eigenvalue weighted by Crippen LogP contribution is 2.31. The minimum Gasteiger partial charge on any atom is -0.493 e. The molecule has 0 atom stereocenters. The summed E-state index contributed by atoms with van der Waals surface area (Å²) in [7, 11) is 5.41. The number of likely N-dealkylation sites (N-methyl/N-ethyl adjacent to an activating group) is 1. The average Bonchev–Trinajstić information content (AvgIpc) is 2.77. The van der Waals surface area contributed by atoms with Crippen molar-refractivity contribution >= 4 is 5.91 Å². The molecule has 162 valence electrons. The molecule has 2 aromatic rings. The van der Waals surface area contributed by atoms with Crippen LogP contribution in [-0.4, -0.2) is 63.2 Å². The van der Waals surface area contributed by atoms with Crippen LogP contribution in [0.5, 0.6) is 11.5 Å². The van der Waals surface area contributed by atoms with Gasteiger partial charge in [-0.3, -0.25) is 9.69 Å². The highest BCUT2D eigenvalue weighted by atomic mass is 16.5. The van der Waals surface area contributed by atoms with Crippen molar-refractivity contribution in [1.82, 2.24) is 15.1 Å². The van der Waals surface area contributed by atoms with Crippen LogP contribution in [0.3, 0.4) is 0 Å². The van der Waals surface area contributed by atoms with Crippen LogP contribution in [0.25, 0.3) is 0 Å². The Bertz CT molecular complexity index is 832. The van der Waals surface area contributed by atoms with Crippen molar-refractivity contribution in [1.29, 1.82) is 0 Å². The van der Waals surface area contributed by atoms with Crippen molar-refractivity contribution in [3.8, 4) is 11.5 Å². The number of methoxy groups -OCH3 is 2. The molecular formula is C24H33N3O3. The Balaban J connectivity index is 1.48. The van der Waals surface area contributed by atoms with E-state index >= 15 is 0 Å². The van der Waals surface area contributed by atoms with Gasteiger partial charge in [-0.25, -0.2) is 0 Å². The van der Waals surface area contributed by atoms with E-state index in [1.165, 1.54) is 5.56 Å². The van der Waals surface area contributed by atoms with Gasteiger partial charge in [-0.2, -0.15) is 0 Å². The van der Waals surface area contributed by atoms with Gasteiger partial charge < -0.3 is 19.7 Å². The molecule has 0 aliphatic carbocycles. The average molecular weight is 412 g/mol.